The largest absolute Gasteiger partial charge is 0.433 e. The molecule has 0 spiro atoms. The zero-order valence-corrected chi connectivity index (χ0v) is 12.5. The van der Waals surface area contributed by atoms with Crippen LogP contribution in [0.1, 0.15) is 11.5 Å². The van der Waals surface area contributed by atoms with Gasteiger partial charge in [0.2, 0.25) is 0 Å². The Kier molecular flexibility index (Phi) is 3.52. The van der Waals surface area contributed by atoms with E-state index in [9.17, 15) is 17.6 Å². The van der Waals surface area contributed by atoms with Crippen LogP contribution in [-0.2, 0) is 6.18 Å². The summed E-state index contributed by atoms with van der Waals surface area (Å²) in [7, 11) is 0. The van der Waals surface area contributed by atoms with E-state index in [0.29, 0.717) is 4.47 Å². The molecule has 0 N–H and O–H groups in total. The van der Waals surface area contributed by atoms with Gasteiger partial charge in [-0.2, -0.15) is 18.4 Å². The Morgan fingerprint density at radius 3 is 2.57 bits per heavy atom. The molecule has 5 nitrogen and oxygen atoms in total. The van der Waals surface area contributed by atoms with Gasteiger partial charge in [-0.05, 0) is 18.2 Å². The van der Waals surface area contributed by atoms with Gasteiger partial charge in [0.05, 0.1) is 5.69 Å². The van der Waals surface area contributed by atoms with Gasteiger partial charge in [-0.1, -0.05) is 15.9 Å². The van der Waals surface area contributed by atoms with Crippen molar-refractivity contribution < 1.29 is 17.6 Å². The van der Waals surface area contributed by atoms with E-state index in [1.54, 1.807) is 6.07 Å². The number of nitriles is 1. The van der Waals surface area contributed by atoms with Gasteiger partial charge in [0.25, 0.3) is 5.82 Å². The molecule has 0 amide bonds. The van der Waals surface area contributed by atoms with Crippen LogP contribution in [0.2, 0.25) is 0 Å². The number of fused-ring (bicyclic) bond motifs is 1. The quantitative estimate of drug-likeness (QED) is 0.600. The van der Waals surface area contributed by atoms with Gasteiger partial charge in [-0.25, -0.2) is 19.0 Å². The Morgan fingerprint density at radius 1 is 1.22 bits per heavy atom. The highest BCUT2D eigenvalue weighted by atomic mass is 79.9. The van der Waals surface area contributed by atoms with Crippen LogP contribution in [0.5, 0.6) is 0 Å². The van der Waals surface area contributed by atoms with Crippen molar-refractivity contribution in [3.05, 3.63) is 46.3 Å². The maximum absolute atomic E-state index is 14.0. The number of pyridine rings is 1. The Bertz CT molecular complexity index is 957. The van der Waals surface area contributed by atoms with Gasteiger partial charge in [0, 0.05) is 9.86 Å². The van der Waals surface area contributed by atoms with Gasteiger partial charge >= 0.3 is 6.18 Å². The predicted molar refractivity (Wildman–Crippen MR) is 74.0 cm³/mol. The maximum Gasteiger partial charge on any atom is 0.433 e. The molecule has 116 valence electrons. The number of hydrogen-bond donors (Lipinski definition) is 0. The average molecular weight is 386 g/mol. The summed E-state index contributed by atoms with van der Waals surface area (Å²) in [6.07, 6.45) is -3.69. The lowest BCUT2D eigenvalue weighted by Gasteiger charge is -2.12. The van der Waals surface area contributed by atoms with Crippen molar-refractivity contribution in [3.8, 4) is 11.8 Å². The van der Waals surface area contributed by atoms with Crippen molar-refractivity contribution in [1.82, 2.24) is 19.7 Å². The molecule has 23 heavy (non-hydrogen) atoms. The lowest BCUT2D eigenvalue weighted by molar-refractivity contribution is -0.140. The van der Waals surface area contributed by atoms with Crippen LogP contribution in [0.3, 0.4) is 0 Å². The molecule has 2 aromatic heterocycles. The highest BCUT2D eigenvalue weighted by Gasteiger charge is 2.34. The summed E-state index contributed by atoms with van der Waals surface area (Å²) in [4.78, 5) is 6.99. The summed E-state index contributed by atoms with van der Waals surface area (Å²) in [5, 5.41) is 12.6. The van der Waals surface area contributed by atoms with Crippen molar-refractivity contribution >= 4 is 26.8 Å². The second-order valence-electron chi connectivity index (χ2n) is 4.43. The number of hydrogen-bond acceptors (Lipinski definition) is 4. The fourth-order valence-electron chi connectivity index (χ4n) is 2.00. The first kappa shape index (κ1) is 15.4. The lowest BCUT2D eigenvalue weighted by atomic mass is 10.1. The van der Waals surface area contributed by atoms with Crippen LogP contribution < -0.4 is 0 Å². The van der Waals surface area contributed by atoms with Crippen molar-refractivity contribution in [2.24, 2.45) is 0 Å². The Labute approximate surface area is 134 Å². The third kappa shape index (κ3) is 2.75. The summed E-state index contributed by atoms with van der Waals surface area (Å²) >= 11 is 3.08. The summed E-state index contributed by atoms with van der Waals surface area (Å²) in [6.45, 7) is 0. The van der Waals surface area contributed by atoms with Crippen molar-refractivity contribution in [3.63, 3.8) is 0 Å². The Hall–Kier alpha value is -2.54. The first-order chi connectivity index (χ1) is 10.8. The molecule has 0 saturated carbocycles. The third-order valence-electron chi connectivity index (χ3n) is 2.94. The van der Waals surface area contributed by atoms with Crippen LogP contribution in [0.15, 0.2) is 29.0 Å². The number of halogens is 5. The van der Waals surface area contributed by atoms with Crippen molar-refractivity contribution in [2.45, 2.75) is 6.18 Å². The maximum atomic E-state index is 14.0. The van der Waals surface area contributed by atoms with E-state index in [1.165, 1.54) is 6.07 Å². The summed E-state index contributed by atoms with van der Waals surface area (Å²) in [6, 6.07) is 4.82. The van der Waals surface area contributed by atoms with Crippen LogP contribution in [0.25, 0.3) is 16.6 Å². The molecule has 0 fully saturated rings. The van der Waals surface area contributed by atoms with Crippen LogP contribution in [0, 0.1) is 17.1 Å². The summed E-state index contributed by atoms with van der Waals surface area (Å²) in [5.74, 6) is -1.14. The highest BCUT2D eigenvalue weighted by molar-refractivity contribution is 9.10. The average Bonchev–Trinajstić information content (AvgIpc) is 2.94. The Balaban J connectivity index is 2.40. The zero-order chi connectivity index (χ0) is 16.8. The molecule has 0 atom stereocenters. The molecule has 3 rings (SSSR count). The normalized spacial score (nSPS) is 11.7. The van der Waals surface area contributed by atoms with E-state index >= 15 is 0 Å². The molecule has 0 bridgehead atoms. The van der Waals surface area contributed by atoms with Gasteiger partial charge in [0.1, 0.15) is 23.6 Å². The van der Waals surface area contributed by atoms with E-state index in [4.69, 9.17) is 5.26 Å². The highest BCUT2D eigenvalue weighted by Crippen LogP contribution is 2.34. The standard InChI is InChI=1S/C13H4BrF4N5/c14-6-1-7-9(23-5-20-11(4-19)22-23)3-10(13(16,17)18)21-12(7)8(15)2-6/h1-3,5H. The second kappa shape index (κ2) is 5.27. The molecule has 0 aliphatic carbocycles. The molecule has 0 unspecified atom stereocenters. The molecule has 0 aliphatic rings. The molecule has 1 aromatic carbocycles. The molecular formula is C13H4BrF4N5. The van der Waals surface area contributed by atoms with E-state index < -0.39 is 23.2 Å². The fourth-order valence-corrected chi connectivity index (χ4v) is 2.43. The predicted octanol–water partition coefficient (Wildman–Crippen LogP) is 3.61. The number of aromatic nitrogens is 4. The van der Waals surface area contributed by atoms with E-state index in [0.717, 1.165) is 23.1 Å². The van der Waals surface area contributed by atoms with Crippen molar-refractivity contribution in [2.75, 3.05) is 0 Å². The first-order valence-corrected chi connectivity index (χ1v) is 6.78. The van der Waals surface area contributed by atoms with Gasteiger partial charge in [-0.3, -0.25) is 0 Å². The fraction of sp³-hybridized carbons (Fsp3) is 0.0769. The van der Waals surface area contributed by atoms with Crippen LogP contribution >= 0.6 is 15.9 Å². The molecule has 0 saturated heterocycles. The van der Waals surface area contributed by atoms with Gasteiger partial charge in [0.15, 0.2) is 5.82 Å². The number of benzene rings is 1. The molecule has 0 aliphatic heterocycles. The smallest absolute Gasteiger partial charge is 0.240 e. The van der Waals surface area contributed by atoms with Gasteiger partial charge in [-0.15, -0.1) is 5.10 Å². The molecule has 0 radical (unpaired) electrons. The summed E-state index contributed by atoms with van der Waals surface area (Å²) < 4.78 is 54.3. The Morgan fingerprint density at radius 2 is 1.96 bits per heavy atom. The number of rotatable bonds is 1. The minimum Gasteiger partial charge on any atom is -0.240 e. The van der Waals surface area contributed by atoms with E-state index in [-0.39, 0.29) is 16.9 Å². The molecular weight excluding hydrogens is 382 g/mol. The molecule has 3 aromatic rings. The van der Waals surface area contributed by atoms with E-state index in [2.05, 4.69) is 31.0 Å². The number of nitrogens with zero attached hydrogens (tertiary/aromatic N) is 5. The zero-order valence-electron chi connectivity index (χ0n) is 10.9. The second-order valence-corrected chi connectivity index (χ2v) is 5.35. The SMILES string of the molecule is N#Cc1ncn(-c2cc(C(F)(F)F)nc3c(F)cc(Br)cc23)n1. The monoisotopic (exact) mass is 385 g/mol. The van der Waals surface area contributed by atoms with Crippen LogP contribution in [0.4, 0.5) is 17.6 Å². The topological polar surface area (TPSA) is 67.4 Å². The minimum atomic E-state index is -4.76. The minimum absolute atomic E-state index is 0.0866. The van der Waals surface area contributed by atoms with E-state index in [1.807, 2.05) is 0 Å². The van der Waals surface area contributed by atoms with Crippen molar-refractivity contribution in [1.29, 1.82) is 5.26 Å². The van der Waals surface area contributed by atoms with Crippen LogP contribution in [-0.4, -0.2) is 19.7 Å². The molecule has 2 heterocycles. The number of alkyl halides is 3. The van der Waals surface area contributed by atoms with Gasteiger partial charge < -0.3 is 0 Å². The lowest BCUT2D eigenvalue weighted by Crippen LogP contribution is -2.11. The summed E-state index contributed by atoms with van der Waals surface area (Å²) in [5.41, 5.74) is -1.81. The molecule has 10 heteroatoms. The third-order valence-corrected chi connectivity index (χ3v) is 3.40. The first-order valence-electron chi connectivity index (χ1n) is 5.99.